The number of hydrogen-bond acceptors (Lipinski definition) is 6. The first-order chi connectivity index (χ1) is 5.38. The third-order valence-corrected chi connectivity index (χ3v) is 1.70. The van der Waals surface area contributed by atoms with Gasteiger partial charge in [-0.2, -0.15) is 0 Å². The maximum Gasteiger partial charge on any atom is 0.219 e. The molecule has 0 amide bonds. The SMILES string of the molecule is CCOc1snnc1CON.Cl. The summed E-state index contributed by atoms with van der Waals surface area (Å²) in [4.78, 5) is 4.40. The van der Waals surface area contributed by atoms with Crippen LogP contribution in [0.2, 0.25) is 0 Å². The van der Waals surface area contributed by atoms with Crippen LogP contribution in [-0.4, -0.2) is 16.2 Å². The molecule has 0 radical (unpaired) electrons. The number of halogens is 1. The smallest absolute Gasteiger partial charge is 0.219 e. The van der Waals surface area contributed by atoms with Crippen LogP contribution in [-0.2, 0) is 11.4 Å². The predicted molar refractivity (Wildman–Crippen MR) is 47.3 cm³/mol. The summed E-state index contributed by atoms with van der Waals surface area (Å²) in [6.45, 7) is 2.74. The molecular formula is C5H10ClN3O2S. The third-order valence-electron chi connectivity index (χ3n) is 1.02. The quantitative estimate of drug-likeness (QED) is 0.745. The minimum Gasteiger partial charge on any atom is -0.482 e. The molecule has 0 fully saturated rings. The van der Waals surface area contributed by atoms with Crippen LogP contribution in [0, 0.1) is 0 Å². The highest BCUT2D eigenvalue weighted by Gasteiger charge is 2.07. The van der Waals surface area contributed by atoms with Crippen LogP contribution >= 0.6 is 23.9 Å². The molecule has 0 aliphatic rings. The second-order valence-electron chi connectivity index (χ2n) is 1.75. The minimum absolute atomic E-state index is 0. The average Bonchev–Trinajstić information content (AvgIpc) is 2.39. The summed E-state index contributed by atoms with van der Waals surface area (Å²) < 4.78 is 8.88. The summed E-state index contributed by atoms with van der Waals surface area (Å²) in [6, 6.07) is 0. The van der Waals surface area contributed by atoms with Crippen LogP contribution in [0.15, 0.2) is 0 Å². The highest BCUT2D eigenvalue weighted by atomic mass is 35.5. The molecule has 0 saturated carbocycles. The summed E-state index contributed by atoms with van der Waals surface area (Å²) in [5.74, 6) is 4.87. The van der Waals surface area contributed by atoms with E-state index in [0.717, 1.165) is 0 Å². The molecule has 1 aromatic heterocycles. The van der Waals surface area contributed by atoms with E-state index in [2.05, 4.69) is 14.4 Å². The van der Waals surface area contributed by atoms with Gasteiger partial charge in [0.05, 0.1) is 6.61 Å². The summed E-state index contributed by atoms with van der Waals surface area (Å²) >= 11 is 1.20. The molecule has 0 atom stereocenters. The average molecular weight is 212 g/mol. The summed E-state index contributed by atoms with van der Waals surface area (Å²) in [5.41, 5.74) is 0.652. The summed E-state index contributed by atoms with van der Waals surface area (Å²) in [7, 11) is 0. The van der Waals surface area contributed by atoms with Gasteiger partial charge in [0.25, 0.3) is 0 Å². The molecule has 12 heavy (non-hydrogen) atoms. The molecule has 0 spiro atoms. The second kappa shape index (κ2) is 6.13. The van der Waals surface area contributed by atoms with Gasteiger partial charge in [-0.25, -0.2) is 5.90 Å². The maximum atomic E-state index is 5.19. The zero-order valence-electron chi connectivity index (χ0n) is 6.52. The lowest BCUT2D eigenvalue weighted by molar-refractivity contribution is 0.119. The molecule has 0 aromatic carbocycles. The molecule has 2 N–H and O–H groups in total. The number of rotatable bonds is 4. The second-order valence-corrected chi connectivity index (χ2v) is 2.47. The fraction of sp³-hybridized carbons (Fsp3) is 0.600. The lowest BCUT2D eigenvalue weighted by Gasteiger charge is -1.98. The molecule has 0 aliphatic carbocycles. The van der Waals surface area contributed by atoms with Gasteiger partial charge in [0.2, 0.25) is 5.06 Å². The van der Waals surface area contributed by atoms with Crippen molar-refractivity contribution >= 4 is 23.9 Å². The van der Waals surface area contributed by atoms with Gasteiger partial charge in [-0.1, -0.05) is 4.49 Å². The lowest BCUT2D eigenvalue weighted by Crippen LogP contribution is -2.01. The molecule has 1 heterocycles. The van der Waals surface area contributed by atoms with Crippen LogP contribution in [0.4, 0.5) is 0 Å². The molecule has 0 saturated heterocycles. The first kappa shape index (κ1) is 11.6. The number of aromatic nitrogens is 2. The van der Waals surface area contributed by atoms with Crippen LogP contribution in [0.3, 0.4) is 0 Å². The van der Waals surface area contributed by atoms with Crippen LogP contribution in [0.5, 0.6) is 5.06 Å². The van der Waals surface area contributed by atoms with Crippen molar-refractivity contribution in [1.29, 1.82) is 0 Å². The highest BCUT2D eigenvalue weighted by molar-refractivity contribution is 7.07. The van der Waals surface area contributed by atoms with E-state index >= 15 is 0 Å². The molecule has 0 aliphatic heterocycles. The van der Waals surface area contributed by atoms with Crippen molar-refractivity contribution < 1.29 is 9.57 Å². The predicted octanol–water partition coefficient (Wildman–Crippen LogP) is 0.749. The van der Waals surface area contributed by atoms with Crippen molar-refractivity contribution in [1.82, 2.24) is 9.59 Å². The van der Waals surface area contributed by atoms with Gasteiger partial charge in [-0.3, -0.25) is 4.84 Å². The molecular weight excluding hydrogens is 202 g/mol. The van der Waals surface area contributed by atoms with Crippen molar-refractivity contribution in [2.45, 2.75) is 13.5 Å². The van der Waals surface area contributed by atoms with E-state index in [1.807, 2.05) is 6.92 Å². The number of nitrogens with two attached hydrogens (primary N) is 1. The molecule has 1 aromatic rings. The molecule has 1 rings (SSSR count). The van der Waals surface area contributed by atoms with Gasteiger partial charge in [-0.15, -0.1) is 17.5 Å². The van der Waals surface area contributed by atoms with Crippen molar-refractivity contribution in [3.8, 4) is 5.06 Å². The largest absolute Gasteiger partial charge is 0.482 e. The number of hydrogen-bond donors (Lipinski definition) is 1. The van der Waals surface area contributed by atoms with Crippen LogP contribution in [0.25, 0.3) is 0 Å². The van der Waals surface area contributed by atoms with E-state index in [4.69, 9.17) is 10.6 Å². The van der Waals surface area contributed by atoms with E-state index in [-0.39, 0.29) is 19.0 Å². The molecule has 70 valence electrons. The van der Waals surface area contributed by atoms with Crippen LogP contribution < -0.4 is 10.6 Å². The maximum absolute atomic E-state index is 5.19. The monoisotopic (exact) mass is 211 g/mol. The highest BCUT2D eigenvalue weighted by Crippen LogP contribution is 2.20. The third kappa shape index (κ3) is 2.90. The Kier molecular flexibility index (Phi) is 5.91. The van der Waals surface area contributed by atoms with E-state index in [1.165, 1.54) is 11.5 Å². The standard InChI is InChI=1S/C5H9N3O2S.ClH/c1-2-9-5-4(3-10-6)7-8-11-5;/h2-3,6H2,1H3;1H. The van der Waals surface area contributed by atoms with Crippen molar-refractivity contribution in [3.63, 3.8) is 0 Å². The molecule has 0 unspecified atom stereocenters. The summed E-state index contributed by atoms with van der Waals surface area (Å²) in [5, 5.41) is 4.44. The van der Waals surface area contributed by atoms with Gasteiger partial charge < -0.3 is 4.74 Å². The van der Waals surface area contributed by atoms with Gasteiger partial charge in [0.15, 0.2) is 0 Å². The first-order valence-electron chi connectivity index (χ1n) is 3.14. The normalized spacial score (nSPS) is 9.17. The topological polar surface area (TPSA) is 70.3 Å². The first-order valence-corrected chi connectivity index (χ1v) is 3.91. The van der Waals surface area contributed by atoms with Crippen molar-refractivity contribution in [2.24, 2.45) is 5.90 Å². The minimum atomic E-state index is 0. The van der Waals surface area contributed by atoms with E-state index in [1.54, 1.807) is 0 Å². The Morgan fingerprint density at radius 2 is 2.33 bits per heavy atom. The Morgan fingerprint density at radius 1 is 1.58 bits per heavy atom. The molecule has 0 bridgehead atoms. The van der Waals surface area contributed by atoms with Crippen molar-refractivity contribution in [3.05, 3.63) is 5.69 Å². The Morgan fingerprint density at radius 3 is 2.92 bits per heavy atom. The fourth-order valence-electron chi connectivity index (χ4n) is 0.608. The van der Waals surface area contributed by atoms with Gasteiger partial charge >= 0.3 is 0 Å². The van der Waals surface area contributed by atoms with Gasteiger partial charge in [0.1, 0.15) is 12.3 Å². The number of ether oxygens (including phenoxy) is 1. The lowest BCUT2D eigenvalue weighted by atomic mass is 10.5. The fourth-order valence-corrected chi connectivity index (χ4v) is 1.20. The summed E-state index contributed by atoms with van der Waals surface area (Å²) in [6.07, 6.45) is 0. The van der Waals surface area contributed by atoms with Crippen molar-refractivity contribution in [2.75, 3.05) is 6.61 Å². The molecule has 5 nitrogen and oxygen atoms in total. The van der Waals surface area contributed by atoms with Crippen LogP contribution in [0.1, 0.15) is 12.6 Å². The molecule has 7 heteroatoms. The Balaban J connectivity index is 0.00000121. The Labute approximate surface area is 80.4 Å². The Hall–Kier alpha value is -0.430. The van der Waals surface area contributed by atoms with E-state index < -0.39 is 0 Å². The zero-order chi connectivity index (χ0) is 8.10. The number of nitrogens with zero attached hydrogens (tertiary/aromatic N) is 2. The van der Waals surface area contributed by atoms with Gasteiger partial charge in [0, 0.05) is 11.5 Å². The Bertz CT molecular complexity index is 200. The van der Waals surface area contributed by atoms with E-state index in [0.29, 0.717) is 17.4 Å². The van der Waals surface area contributed by atoms with Gasteiger partial charge in [-0.05, 0) is 6.92 Å². The zero-order valence-corrected chi connectivity index (χ0v) is 8.15. The van der Waals surface area contributed by atoms with E-state index in [9.17, 15) is 0 Å².